The summed E-state index contributed by atoms with van der Waals surface area (Å²) in [5.74, 6) is -0.439. The zero-order chi connectivity index (χ0) is 18.6. The van der Waals surface area contributed by atoms with Crippen molar-refractivity contribution in [2.45, 2.75) is 6.42 Å². The van der Waals surface area contributed by atoms with Crippen LogP contribution in [0, 0.1) is 3.57 Å². The first-order valence-electron chi connectivity index (χ1n) is 8.01. The third kappa shape index (κ3) is 5.22. The van der Waals surface area contributed by atoms with Crippen molar-refractivity contribution in [1.82, 2.24) is 0 Å². The summed E-state index contributed by atoms with van der Waals surface area (Å²) >= 11 is 2.38. The average Bonchev–Trinajstić information content (AvgIpc) is 2.55. The normalized spacial score (nSPS) is 10.9. The molecule has 25 heavy (non-hydrogen) atoms. The highest BCUT2D eigenvalue weighted by Gasteiger charge is 2.08. The molecule has 2 rings (SSSR count). The van der Waals surface area contributed by atoms with E-state index in [-0.39, 0.29) is 0 Å². The van der Waals surface area contributed by atoms with E-state index in [4.69, 9.17) is 5.73 Å². The molecule has 0 atom stereocenters. The Labute approximate surface area is 163 Å². The Hall–Kier alpha value is -2.02. The van der Waals surface area contributed by atoms with Gasteiger partial charge in [0, 0.05) is 49.2 Å². The van der Waals surface area contributed by atoms with Crippen molar-refractivity contribution in [3.8, 4) is 0 Å². The third-order valence-electron chi connectivity index (χ3n) is 4.01. The van der Waals surface area contributed by atoms with Gasteiger partial charge in [-0.15, -0.1) is 0 Å². The molecule has 0 saturated carbocycles. The molecule has 2 aromatic rings. The minimum atomic E-state index is -0.439. The summed E-state index contributed by atoms with van der Waals surface area (Å²) in [6, 6.07) is 12.8. The molecule has 0 unspecified atom stereocenters. The molecule has 5 heteroatoms. The van der Waals surface area contributed by atoms with Gasteiger partial charge in [-0.05, 0) is 76.0 Å². The second-order valence-corrected chi connectivity index (χ2v) is 7.52. The molecule has 2 N–H and O–H groups in total. The summed E-state index contributed by atoms with van der Waals surface area (Å²) in [6.07, 6.45) is 4.02. The summed E-state index contributed by atoms with van der Waals surface area (Å²) in [6.45, 7) is 0. The van der Waals surface area contributed by atoms with Crippen LogP contribution in [-0.2, 0) is 11.2 Å². The summed E-state index contributed by atoms with van der Waals surface area (Å²) in [4.78, 5) is 15.3. The van der Waals surface area contributed by atoms with E-state index in [1.54, 1.807) is 6.08 Å². The van der Waals surface area contributed by atoms with E-state index in [2.05, 4.69) is 63.9 Å². The Morgan fingerprint density at radius 2 is 1.56 bits per heavy atom. The van der Waals surface area contributed by atoms with E-state index in [0.29, 0.717) is 0 Å². The number of carbonyl (C=O) groups excluding carboxylic acids is 1. The molecule has 0 aliphatic heterocycles. The monoisotopic (exact) mass is 449 g/mol. The van der Waals surface area contributed by atoms with Crippen molar-refractivity contribution < 1.29 is 4.79 Å². The molecular formula is C20H24IN3O. The van der Waals surface area contributed by atoms with Crippen molar-refractivity contribution in [1.29, 1.82) is 0 Å². The van der Waals surface area contributed by atoms with Gasteiger partial charge >= 0.3 is 0 Å². The maximum absolute atomic E-state index is 11.1. The highest BCUT2D eigenvalue weighted by atomic mass is 127. The van der Waals surface area contributed by atoms with Gasteiger partial charge in [0.1, 0.15) is 0 Å². The third-order valence-corrected chi connectivity index (χ3v) is 5.01. The fraction of sp³-hybridized carbons (Fsp3) is 0.250. The van der Waals surface area contributed by atoms with Crippen LogP contribution in [0.4, 0.5) is 11.4 Å². The molecule has 0 bridgehead atoms. The van der Waals surface area contributed by atoms with E-state index in [1.165, 1.54) is 26.5 Å². The number of carbonyl (C=O) groups is 1. The topological polar surface area (TPSA) is 49.6 Å². The van der Waals surface area contributed by atoms with Crippen molar-refractivity contribution in [2.75, 3.05) is 38.0 Å². The number of amides is 1. The predicted molar refractivity (Wildman–Crippen MR) is 115 cm³/mol. The van der Waals surface area contributed by atoms with E-state index < -0.39 is 5.91 Å². The van der Waals surface area contributed by atoms with Gasteiger partial charge in [-0.1, -0.05) is 12.1 Å². The zero-order valence-electron chi connectivity index (χ0n) is 15.1. The van der Waals surface area contributed by atoms with Gasteiger partial charge in [0.15, 0.2) is 0 Å². The molecule has 2 aromatic carbocycles. The van der Waals surface area contributed by atoms with E-state index in [9.17, 15) is 4.79 Å². The molecule has 132 valence electrons. The Morgan fingerprint density at radius 1 is 1.00 bits per heavy atom. The predicted octanol–water partition coefficient (Wildman–Crippen LogP) is 3.51. The second kappa shape index (κ2) is 8.38. The largest absolute Gasteiger partial charge is 0.378 e. The van der Waals surface area contributed by atoms with Gasteiger partial charge in [-0.2, -0.15) is 0 Å². The molecule has 0 aromatic heterocycles. The lowest BCUT2D eigenvalue weighted by molar-refractivity contribution is -0.113. The lowest BCUT2D eigenvalue weighted by atomic mass is 9.98. The number of rotatable bonds is 6. The molecule has 0 spiro atoms. The Bertz CT molecular complexity index is 798. The van der Waals surface area contributed by atoms with Gasteiger partial charge < -0.3 is 15.5 Å². The fourth-order valence-electron chi connectivity index (χ4n) is 2.51. The van der Waals surface area contributed by atoms with Crippen molar-refractivity contribution in [3.05, 3.63) is 62.7 Å². The van der Waals surface area contributed by atoms with Crippen LogP contribution >= 0.6 is 22.6 Å². The van der Waals surface area contributed by atoms with Gasteiger partial charge in [-0.25, -0.2) is 0 Å². The smallest absolute Gasteiger partial charge is 0.241 e. The number of nitrogens with two attached hydrogens (primary N) is 1. The Balaban J connectivity index is 2.39. The summed E-state index contributed by atoms with van der Waals surface area (Å²) in [5.41, 5.74) is 11.0. The number of hydrogen-bond donors (Lipinski definition) is 1. The van der Waals surface area contributed by atoms with Crippen LogP contribution in [0.5, 0.6) is 0 Å². The van der Waals surface area contributed by atoms with Crippen molar-refractivity contribution >= 4 is 45.9 Å². The first kappa shape index (κ1) is 19.3. The highest BCUT2D eigenvalue weighted by Crippen LogP contribution is 2.26. The van der Waals surface area contributed by atoms with Crippen molar-refractivity contribution in [3.63, 3.8) is 0 Å². The van der Waals surface area contributed by atoms with Crippen LogP contribution in [0.15, 0.2) is 42.5 Å². The van der Waals surface area contributed by atoms with Crippen LogP contribution < -0.4 is 15.5 Å². The Kier molecular flexibility index (Phi) is 6.47. The van der Waals surface area contributed by atoms with E-state index in [1.807, 2.05) is 33.1 Å². The molecule has 0 fully saturated rings. The van der Waals surface area contributed by atoms with Crippen LogP contribution in [-0.4, -0.2) is 34.1 Å². The number of primary amides is 1. The first-order chi connectivity index (χ1) is 11.8. The number of hydrogen-bond acceptors (Lipinski definition) is 3. The number of benzene rings is 2. The lowest BCUT2D eigenvalue weighted by Crippen LogP contribution is -2.10. The van der Waals surface area contributed by atoms with E-state index >= 15 is 0 Å². The quantitative estimate of drug-likeness (QED) is 0.543. The molecule has 0 heterocycles. The first-order valence-corrected chi connectivity index (χ1v) is 9.09. The molecule has 0 saturated heterocycles. The average molecular weight is 449 g/mol. The Morgan fingerprint density at radius 3 is 2.08 bits per heavy atom. The molecular weight excluding hydrogens is 425 g/mol. The number of halogens is 1. The second-order valence-electron chi connectivity index (χ2n) is 6.36. The lowest BCUT2D eigenvalue weighted by Gasteiger charge is -2.17. The molecule has 0 radical (unpaired) electrons. The van der Waals surface area contributed by atoms with Gasteiger partial charge in [-0.3, -0.25) is 4.79 Å². The highest BCUT2D eigenvalue weighted by molar-refractivity contribution is 14.1. The molecule has 1 amide bonds. The van der Waals surface area contributed by atoms with E-state index in [0.717, 1.165) is 17.7 Å². The standard InChI is InChI=1S/C20H24IN3O/c1-23(2)17-8-5-14(15(12-17)7-10-20(22)25)11-16-6-9-18(24(3)4)13-19(16)21/h5-10,12-13H,11H2,1-4H3,(H2,22,25)/b10-7+. The maximum Gasteiger partial charge on any atom is 0.241 e. The van der Waals surface area contributed by atoms with Crippen LogP contribution in [0.25, 0.3) is 6.08 Å². The van der Waals surface area contributed by atoms with Crippen LogP contribution in [0.2, 0.25) is 0 Å². The van der Waals surface area contributed by atoms with Gasteiger partial charge in [0.05, 0.1) is 0 Å². The molecule has 4 nitrogen and oxygen atoms in total. The fourth-order valence-corrected chi connectivity index (χ4v) is 3.20. The maximum atomic E-state index is 11.1. The zero-order valence-corrected chi connectivity index (χ0v) is 17.2. The summed E-state index contributed by atoms with van der Waals surface area (Å²) < 4.78 is 1.23. The summed E-state index contributed by atoms with van der Waals surface area (Å²) in [5, 5.41) is 0. The summed E-state index contributed by atoms with van der Waals surface area (Å²) in [7, 11) is 8.08. The van der Waals surface area contributed by atoms with Crippen LogP contribution in [0.3, 0.4) is 0 Å². The SMILES string of the molecule is CN(C)c1ccc(Cc2ccc(N(C)C)cc2/C=C/C(N)=O)c(I)c1. The van der Waals surface area contributed by atoms with Gasteiger partial charge in [0.25, 0.3) is 0 Å². The van der Waals surface area contributed by atoms with Crippen molar-refractivity contribution in [2.24, 2.45) is 5.73 Å². The van der Waals surface area contributed by atoms with Gasteiger partial charge in [0.2, 0.25) is 5.91 Å². The molecule has 0 aliphatic carbocycles. The minimum Gasteiger partial charge on any atom is -0.378 e. The molecule has 0 aliphatic rings. The number of nitrogens with zero attached hydrogens (tertiary/aromatic N) is 2. The number of anilines is 2. The van der Waals surface area contributed by atoms with Crippen LogP contribution in [0.1, 0.15) is 16.7 Å². The minimum absolute atomic E-state index is 0.439.